The second-order valence-electron chi connectivity index (χ2n) is 6.99. The van der Waals surface area contributed by atoms with Gasteiger partial charge in [-0.15, -0.1) is 0 Å². The fraction of sp³-hybridized carbons (Fsp3) is 0.174. The van der Waals surface area contributed by atoms with Crippen LogP contribution >= 0.6 is 0 Å². The van der Waals surface area contributed by atoms with Gasteiger partial charge in [0.2, 0.25) is 0 Å². The quantitative estimate of drug-likeness (QED) is 0.536. The van der Waals surface area contributed by atoms with E-state index in [9.17, 15) is 9.18 Å². The smallest absolute Gasteiger partial charge is 0.256 e. The van der Waals surface area contributed by atoms with E-state index in [1.807, 2.05) is 26.0 Å². The summed E-state index contributed by atoms with van der Waals surface area (Å²) in [5.74, 6) is -0.632. The number of fused-ring (bicyclic) bond motifs is 1. The molecule has 1 amide bonds. The number of hydrogen-bond acceptors (Lipinski definition) is 3. The zero-order valence-electron chi connectivity index (χ0n) is 16.5. The number of aromatic nitrogens is 3. The Morgan fingerprint density at radius 1 is 1.07 bits per heavy atom. The summed E-state index contributed by atoms with van der Waals surface area (Å²) in [7, 11) is 0. The minimum Gasteiger partial charge on any atom is -0.322 e. The molecule has 5 nitrogen and oxygen atoms in total. The van der Waals surface area contributed by atoms with Crippen LogP contribution in [0.25, 0.3) is 16.7 Å². The van der Waals surface area contributed by atoms with Crippen LogP contribution in [-0.2, 0) is 6.42 Å². The van der Waals surface area contributed by atoms with Gasteiger partial charge in [0, 0.05) is 11.4 Å². The molecule has 2 aromatic carbocycles. The van der Waals surface area contributed by atoms with E-state index >= 15 is 0 Å². The number of aryl methyl sites for hydroxylation is 3. The first-order chi connectivity index (χ1) is 14.0. The first kappa shape index (κ1) is 18.8. The highest BCUT2D eigenvalue weighted by atomic mass is 19.1. The Morgan fingerprint density at radius 3 is 2.41 bits per heavy atom. The molecule has 0 unspecified atom stereocenters. The molecule has 2 heterocycles. The highest BCUT2D eigenvalue weighted by Crippen LogP contribution is 2.26. The number of nitrogens with one attached hydrogen (secondary N) is 1. The number of hydrogen-bond donors (Lipinski definition) is 1. The predicted octanol–water partition coefficient (Wildman–Crippen LogP) is 4.99. The van der Waals surface area contributed by atoms with Crippen molar-refractivity contribution in [3.8, 4) is 5.69 Å². The molecule has 2 aromatic heterocycles. The van der Waals surface area contributed by atoms with Gasteiger partial charge in [-0.05, 0) is 68.3 Å². The molecule has 0 saturated carbocycles. The topological polar surface area (TPSA) is 59.8 Å². The van der Waals surface area contributed by atoms with E-state index < -0.39 is 0 Å². The van der Waals surface area contributed by atoms with Crippen molar-refractivity contribution in [3.63, 3.8) is 0 Å². The fourth-order valence-electron chi connectivity index (χ4n) is 3.38. The van der Waals surface area contributed by atoms with Crippen LogP contribution in [0.3, 0.4) is 0 Å². The number of halogens is 1. The van der Waals surface area contributed by atoms with Gasteiger partial charge < -0.3 is 5.32 Å². The van der Waals surface area contributed by atoms with Crippen LogP contribution in [0.2, 0.25) is 0 Å². The van der Waals surface area contributed by atoms with Crippen molar-refractivity contribution >= 4 is 22.6 Å². The lowest BCUT2D eigenvalue weighted by Crippen LogP contribution is -2.13. The second kappa shape index (κ2) is 7.47. The first-order valence-corrected chi connectivity index (χ1v) is 9.49. The van der Waals surface area contributed by atoms with Crippen LogP contribution in [0, 0.1) is 19.7 Å². The molecule has 0 aliphatic carbocycles. The average Bonchev–Trinajstić information content (AvgIpc) is 3.05. The molecular formula is C23H21FN4O. The van der Waals surface area contributed by atoms with Crippen molar-refractivity contribution in [2.24, 2.45) is 0 Å². The molecule has 0 atom stereocenters. The summed E-state index contributed by atoms with van der Waals surface area (Å²) in [6.07, 6.45) is 0.963. The van der Waals surface area contributed by atoms with E-state index in [1.54, 1.807) is 10.7 Å². The Balaban J connectivity index is 1.80. The number of rotatable bonds is 4. The molecule has 0 fully saturated rings. The molecule has 1 N–H and O–H groups in total. The standard InChI is InChI=1S/C23H21FN4O/c1-4-16-5-11-19(12-6-16)28-22-21(15(3)27-28)20(13-14(2)25-22)23(29)26-18-9-7-17(24)8-10-18/h5-13H,4H2,1-3H3,(H,26,29). The molecular weight excluding hydrogens is 367 g/mol. The maximum absolute atomic E-state index is 13.1. The summed E-state index contributed by atoms with van der Waals surface area (Å²) in [6.45, 7) is 5.82. The monoisotopic (exact) mass is 388 g/mol. The normalized spacial score (nSPS) is 11.0. The third-order valence-corrected chi connectivity index (χ3v) is 4.88. The van der Waals surface area contributed by atoms with Gasteiger partial charge in [0.15, 0.2) is 5.65 Å². The lowest BCUT2D eigenvalue weighted by atomic mass is 10.1. The maximum Gasteiger partial charge on any atom is 0.256 e. The van der Waals surface area contributed by atoms with Crippen LogP contribution in [0.5, 0.6) is 0 Å². The summed E-state index contributed by atoms with van der Waals surface area (Å²) in [6, 6.07) is 15.6. The number of amides is 1. The number of benzene rings is 2. The number of carbonyl (C=O) groups excluding carboxylic acids is 1. The number of nitrogens with zero attached hydrogens (tertiary/aromatic N) is 3. The Labute approximate surface area is 168 Å². The first-order valence-electron chi connectivity index (χ1n) is 9.49. The molecule has 0 radical (unpaired) electrons. The van der Waals surface area contributed by atoms with Gasteiger partial charge in [0.1, 0.15) is 5.82 Å². The van der Waals surface area contributed by atoms with Crippen LogP contribution in [-0.4, -0.2) is 20.7 Å². The minimum absolute atomic E-state index is 0.281. The van der Waals surface area contributed by atoms with Crippen LogP contribution in [0.1, 0.15) is 34.2 Å². The third-order valence-electron chi connectivity index (χ3n) is 4.88. The van der Waals surface area contributed by atoms with E-state index in [2.05, 4.69) is 34.5 Å². The number of carbonyl (C=O) groups is 1. The van der Waals surface area contributed by atoms with Crippen molar-refractivity contribution in [1.82, 2.24) is 14.8 Å². The summed E-state index contributed by atoms with van der Waals surface area (Å²) in [5, 5.41) is 8.17. The molecule has 0 saturated heterocycles. The molecule has 29 heavy (non-hydrogen) atoms. The van der Waals surface area contributed by atoms with Gasteiger partial charge in [-0.1, -0.05) is 19.1 Å². The van der Waals surface area contributed by atoms with Crippen molar-refractivity contribution < 1.29 is 9.18 Å². The molecule has 0 spiro atoms. The molecule has 4 aromatic rings. The van der Waals surface area contributed by atoms with Gasteiger partial charge in [-0.2, -0.15) is 5.10 Å². The molecule has 4 rings (SSSR count). The summed E-state index contributed by atoms with van der Waals surface area (Å²) in [4.78, 5) is 17.6. The molecule has 6 heteroatoms. The predicted molar refractivity (Wildman–Crippen MR) is 112 cm³/mol. The number of anilines is 1. The van der Waals surface area contributed by atoms with E-state index in [0.29, 0.717) is 28.0 Å². The van der Waals surface area contributed by atoms with Crippen molar-refractivity contribution in [2.75, 3.05) is 5.32 Å². The van der Waals surface area contributed by atoms with E-state index in [4.69, 9.17) is 0 Å². The zero-order valence-corrected chi connectivity index (χ0v) is 16.5. The SMILES string of the molecule is CCc1ccc(-n2nc(C)c3c(C(=O)Nc4ccc(F)cc4)cc(C)nc32)cc1. The third kappa shape index (κ3) is 3.61. The Bertz CT molecular complexity index is 1190. The van der Waals surface area contributed by atoms with Crippen LogP contribution < -0.4 is 5.32 Å². The largest absolute Gasteiger partial charge is 0.322 e. The molecule has 0 aliphatic rings. The van der Waals surface area contributed by atoms with E-state index in [-0.39, 0.29) is 11.7 Å². The molecule has 0 bridgehead atoms. The Morgan fingerprint density at radius 2 is 1.76 bits per heavy atom. The van der Waals surface area contributed by atoms with Crippen LogP contribution in [0.15, 0.2) is 54.6 Å². The maximum atomic E-state index is 13.1. The summed E-state index contributed by atoms with van der Waals surface area (Å²) >= 11 is 0. The summed E-state index contributed by atoms with van der Waals surface area (Å²) in [5.41, 5.74) is 5.22. The second-order valence-corrected chi connectivity index (χ2v) is 6.99. The zero-order chi connectivity index (χ0) is 20.5. The van der Waals surface area contributed by atoms with Crippen LogP contribution in [0.4, 0.5) is 10.1 Å². The minimum atomic E-state index is -0.351. The average molecular weight is 388 g/mol. The molecule has 0 aliphatic heterocycles. The summed E-state index contributed by atoms with van der Waals surface area (Å²) < 4.78 is 14.9. The van der Waals surface area contributed by atoms with Crippen molar-refractivity contribution in [3.05, 3.63) is 82.9 Å². The lowest BCUT2D eigenvalue weighted by Gasteiger charge is -2.09. The Kier molecular flexibility index (Phi) is 4.84. The lowest BCUT2D eigenvalue weighted by molar-refractivity contribution is 0.102. The van der Waals surface area contributed by atoms with Crippen molar-refractivity contribution in [2.45, 2.75) is 27.2 Å². The van der Waals surface area contributed by atoms with E-state index in [0.717, 1.165) is 17.8 Å². The van der Waals surface area contributed by atoms with Crippen molar-refractivity contribution in [1.29, 1.82) is 0 Å². The highest BCUT2D eigenvalue weighted by molar-refractivity contribution is 6.12. The fourth-order valence-corrected chi connectivity index (χ4v) is 3.38. The van der Waals surface area contributed by atoms with E-state index in [1.165, 1.54) is 29.8 Å². The van der Waals surface area contributed by atoms with Gasteiger partial charge in [0.25, 0.3) is 5.91 Å². The highest BCUT2D eigenvalue weighted by Gasteiger charge is 2.19. The van der Waals surface area contributed by atoms with Gasteiger partial charge in [-0.25, -0.2) is 14.1 Å². The molecule has 146 valence electrons. The Hall–Kier alpha value is -3.54. The number of pyridine rings is 1. The van der Waals surface area contributed by atoms with Gasteiger partial charge in [-0.3, -0.25) is 4.79 Å². The van der Waals surface area contributed by atoms with Gasteiger partial charge in [0.05, 0.1) is 22.3 Å². The van der Waals surface area contributed by atoms with Gasteiger partial charge >= 0.3 is 0 Å².